The Balaban J connectivity index is 1.69. The largest absolute Gasteiger partial charge is 0.396 e. The van der Waals surface area contributed by atoms with Gasteiger partial charge < -0.3 is 15.4 Å². The predicted molar refractivity (Wildman–Crippen MR) is 140 cm³/mol. The normalized spacial score (nSPS) is 13.3. The Labute approximate surface area is 200 Å². The zero-order valence-corrected chi connectivity index (χ0v) is 21.0. The van der Waals surface area contributed by atoms with Crippen molar-refractivity contribution < 1.29 is 5.11 Å². The fourth-order valence-electron chi connectivity index (χ4n) is 5.19. The van der Waals surface area contributed by atoms with Crippen LogP contribution in [-0.2, 0) is 6.54 Å². The first-order chi connectivity index (χ1) is 16.3. The number of anilines is 1. The van der Waals surface area contributed by atoms with E-state index in [9.17, 15) is 9.90 Å². The molecule has 8 heteroatoms. The molecule has 1 atom stereocenters. The zero-order chi connectivity index (χ0) is 24.3. The van der Waals surface area contributed by atoms with E-state index in [0.717, 1.165) is 12.5 Å². The van der Waals surface area contributed by atoms with Crippen LogP contribution in [0.4, 0.5) is 5.95 Å². The maximum absolute atomic E-state index is 12.2. The Morgan fingerprint density at radius 3 is 2.18 bits per heavy atom. The summed E-state index contributed by atoms with van der Waals surface area (Å²) in [6.45, 7) is 7.58. The quantitative estimate of drug-likeness (QED) is 0.340. The summed E-state index contributed by atoms with van der Waals surface area (Å²) in [7, 11) is -2.23. The summed E-state index contributed by atoms with van der Waals surface area (Å²) < 4.78 is 1.83. The van der Waals surface area contributed by atoms with E-state index in [4.69, 9.17) is 5.73 Å². The van der Waals surface area contributed by atoms with Gasteiger partial charge in [-0.25, -0.2) is 4.98 Å². The summed E-state index contributed by atoms with van der Waals surface area (Å²) >= 11 is 0. The summed E-state index contributed by atoms with van der Waals surface area (Å²) in [5.41, 5.74) is 6.12. The number of nitrogens with two attached hydrogens (primary N) is 1. The highest BCUT2D eigenvalue weighted by Crippen LogP contribution is 2.40. The van der Waals surface area contributed by atoms with Crippen LogP contribution < -0.4 is 21.7 Å². The Morgan fingerprint density at radius 2 is 1.65 bits per heavy atom. The first-order valence-corrected chi connectivity index (χ1v) is 13.9. The molecule has 178 valence electrons. The topological polar surface area (TPSA) is 110 Å². The fourth-order valence-corrected chi connectivity index (χ4v) is 10.9. The molecule has 0 aliphatic heterocycles. The number of H-pyrrole nitrogens is 1. The third kappa shape index (κ3) is 4.43. The van der Waals surface area contributed by atoms with Crippen LogP contribution in [0, 0.1) is 5.92 Å². The highest BCUT2D eigenvalue weighted by Gasteiger charge is 2.47. The average molecular weight is 476 g/mol. The van der Waals surface area contributed by atoms with Crippen LogP contribution in [0.2, 0.25) is 11.1 Å². The van der Waals surface area contributed by atoms with Gasteiger partial charge in [0.05, 0.1) is 6.33 Å². The van der Waals surface area contributed by atoms with Gasteiger partial charge in [0, 0.05) is 13.2 Å². The maximum atomic E-state index is 12.2. The Kier molecular flexibility index (Phi) is 6.72. The van der Waals surface area contributed by atoms with Crippen LogP contribution >= 0.6 is 0 Å². The van der Waals surface area contributed by atoms with E-state index in [2.05, 4.69) is 96.4 Å². The highest BCUT2D eigenvalue weighted by atomic mass is 28.3. The number of rotatable bonds is 8. The number of nitrogen functional groups attached to an aromatic ring is 1. The minimum atomic E-state index is -2.23. The van der Waals surface area contributed by atoms with E-state index < -0.39 is 8.07 Å². The van der Waals surface area contributed by atoms with Crippen LogP contribution in [0.5, 0.6) is 0 Å². The number of nitrogens with zero attached hydrogens (tertiary/aromatic N) is 3. The number of aliphatic hydroxyl groups is 1. The van der Waals surface area contributed by atoms with E-state index >= 15 is 0 Å². The van der Waals surface area contributed by atoms with Crippen molar-refractivity contribution in [1.82, 2.24) is 19.5 Å². The van der Waals surface area contributed by atoms with Gasteiger partial charge in [-0.2, -0.15) is 4.98 Å². The Morgan fingerprint density at radius 1 is 1.06 bits per heavy atom. The number of imidazole rings is 1. The summed E-state index contributed by atoms with van der Waals surface area (Å²) in [5.74, 6) is 0.0495. The van der Waals surface area contributed by atoms with Crippen LogP contribution in [0.3, 0.4) is 0 Å². The van der Waals surface area contributed by atoms with Gasteiger partial charge in [0.1, 0.15) is 8.07 Å². The number of aromatic amines is 1. The Hall–Kier alpha value is -3.23. The zero-order valence-electron chi connectivity index (χ0n) is 20.0. The number of hydrogen-bond acceptors (Lipinski definition) is 5. The van der Waals surface area contributed by atoms with E-state index in [-0.39, 0.29) is 34.6 Å². The van der Waals surface area contributed by atoms with Crippen molar-refractivity contribution in [1.29, 1.82) is 0 Å². The molecule has 34 heavy (non-hydrogen) atoms. The van der Waals surface area contributed by atoms with E-state index in [1.54, 1.807) is 6.33 Å². The SMILES string of the molecule is CC(C)(C)[Si](CC[C@@H](CO)Cn1cnc2c(=O)[nH]c(N)nc21)(c1ccccc1)c1ccccc1. The van der Waals surface area contributed by atoms with Gasteiger partial charge in [-0.3, -0.25) is 9.78 Å². The highest BCUT2D eigenvalue weighted by molar-refractivity contribution is 7.04. The average Bonchev–Trinajstić information content (AvgIpc) is 3.22. The molecule has 0 saturated carbocycles. The maximum Gasteiger partial charge on any atom is 0.280 e. The first kappa shape index (κ1) is 23.9. The first-order valence-electron chi connectivity index (χ1n) is 11.7. The molecule has 0 aliphatic carbocycles. The predicted octanol–water partition coefficient (Wildman–Crippen LogP) is 2.76. The van der Waals surface area contributed by atoms with Crippen molar-refractivity contribution in [3.8, 4) is 0 Å². The lowest BCUT2D eigenvalue weighted by atomic mass is 10.1. The Bertz CT molecular complexity index is 1260. The molecule has 0 spiro atoms. The van der Waals surface area contributed by atoms with Crippen LogP contribution in [-0.4, -0.2) is 39.3 Å². The number of fused-ring (bicyclic) bond motifs is 1. The van der Waals surface area contributed by atoms with Crippen molar-refractivity contribution in [3.05, 3.63) is 77.3 Å². The molecule has 0 saturated heterocycles. The fraction of sp³-hybridized carbons (Fsp3) is 0.346. The van der Waals surface area contributed by atoms with Gasteiger partial charge in [-0.15, -0.1) is 0 Å². The van der Waals surface area contributed by atoms with Gasteiger partial charge in [0.25, 0.3) is 5.56 Å². The molecule has 2 aromatic carbocycles. The van der Waals surface area contributed by atoms with E-state index in [1.807, 2.05) is 4.57 Å². The van der Waals surface area contributed by atoms with Gasteiger partial charge in [0.15, 0.2) is 11.2 Å². The van der Waals surface area contributed by atoms with Crippen molar-refractivity contribution in [2.24, 2.45) is 5.92 Å². The second kappa shape index (κ2) is 9.56. The van der Waals surface area contributed by atoms with Crippen LogP contribution in [0.25, 0.3) is 11.2 Å². The van der Waals surface area contributed by atoms with Crippen molar-refractivity contribution >= 4 is 35.6 Å². The lowest BCUT2D eigenvalue weighted by Crippen LogP contribution is -2.64. The molecule has 0 fully saturated rings. The summed E-state index contributed by atoms with van der Waals surface area (Å²) in [6, 6.07) is 22.7. The van der Waals surface area contributed by atoms with Gasteiger partial charge >= 0.3 is 0 Å². The van der Waals surface area contributed by atoms with E-state index in [0.29, 0.717) is 12.2 Å². The van der Waals surface area contributed by atoms with Crippen molar-refractivity contribution in [2.75, 3.05) is 12.3 Å². The molecule has 2 heterocycles. The lowest BCUT2D eigenvalue weighted by Gasteiger charge is -2.45. The minimum absolute atomic E-state index is 0.0126. The molecule has 4 aromatic rings. The molecule has 0 amide bonds. The minimum Gasteiger partial charge on any atom is -0.396 e. The van der Waals surface area contributed by atoms with Crippen LogP contribution in [0.15, 0.2) is 71.8 Å². The van der Waals surface area contributed by atoms with Gasteiger partial charge in [-0.05, 0) is 23.4 Å². The molecule has 0 radical (unpaired) electrons. The molecular weight excluding hydrogens is 442 g/mol. The molecular formula is C26H33N5O2Si. The molecule has 7 nitrogen and oxygen atoms in total. The van der Waals surface area contributed by atoms with Crippen LogP contribution in [0.1, 0.15) is 27.2 Å². The monoisotopic (exact) mass is 475 g/mol. The van der Waals surface area contributed by atoms with Gasteiger partial charge in [0.2, 0.25) is 5.95 Å². The molecule has 2 aromatic heterocycles. The lowest BCUT2D eigenvalue weighted by molar-refractivity contribution is 0.207. The summed E-state index contributed by atoms with van der Waals surface area (Å²) in [4.78, 5) is 23.1. The van der Waals surface area contributed by atoms with E-state index in [1.165, 1.54) is 10.4 Å². The number of benzene rings is 2. The summed E-state index contributed by atoms with van der Waals surface area (Å²) in [6.07, 6.45) is 2.44. The van der Waals surface area contributed by atoms with Crippen molar-refractivity contribution in [2.45, 2.75) is 44.8 Å². The summed E-state index contributed by atoms with van der Waals surface area (Å²) in [5, 5.41) is 13.2. The van der Waals surface area contributed by atoms with Gasteiger partial charge in [-0.1, -0.05) is 91.8 Å². The number of nitrogens with one attached hydrogen (secondary N) is 1. The molecule has 0 unspecified atom stereocenters. The molecule has 4 rings (SSSR count). The standard InChI is InChI=1S/C26H33N5O2Si/c1-26(2,3)34(20-10-6-4-7-11-20,21-12-8-5-9-13-21)15-14-19(17-32)16-31-18-28-22-23(31)29-25(27)30-24(22)33/h4-13,18-19,32H,14-17H2,1-3H3,(H3,27,29,30,33)/t19-/m1/s1. The molecule has 0 aliphatic rings. The van der Waals surface area contributed by atoms with Crippen molar-refractivity contribution in [3.63, 3.8) is 0 Å². The number of aliphatic hydroxyl groups excluding tert-OH is 1. The third-order valence-electron chi connectivity index (χ3n) is 6.95. The second-order valence-corrected chi connectivity index (χ2v) is 15.0. The smallest absolute Gasteiger partial charge is 0.280 e. The number of aromatic nitrogens is 4. The third-order valence-corrected chi connectivity index (χ3v) is 13.2. The second-order valence-electron chi connectivity index (χ2n) is 9.99. The number of hydrogen-bond donors (Lipinski definition) is 3. The molecule has 0 bridgehead atoms. The molecule has 4 N–H and O–H groups in total.